The molecule has 0 aliphatic heterocycles. The number of hydrogen-bond donors (Lipinski definition) is 0. The van der Waals surface area contributed by atoms with Gasteiger partial charge in [-0.15, -0.1) is 0 Å². The first-order valence-corrected chi connectivity index (χ1v) is 6.72. The lowest BCUT2D eigenvalue weighted by atomic mass is 9.90. The molecular formula is C14H11Cl2NO. The van der Waals surface area contributed by atoms with E-state index < -0.39 is 0 Å². The average molecular weight is 280 g/mol. The molecule has 1 heterocycles. The molecule has 92 valence electrons. The Hall–Kier alpha value is -1.12. The van der Waals surface area contributed by atoms with Gasteiger partial charge in [0.1, 0.15) is 0 Å². The van der Waals surface area contributed by atoms with E-state index in [1.165, 1.54) is 0 Å². The third kappa shape index (κ3) is 1.80. The van der Waals surface area contributed by atoms with Gasteiger partial charge in [-0.25, -0.2) is 0 Å². The molecule has 2 aromatic rings. The fourth-order valence-electron chi connectivity index (χ4n) is 2.64. The molecule has 1 aromatic carbocycles. The molecule has 0 atom stereocenters. The number of benzene rings is 1. The number of aryl methyl sites for hydroxylation is 1. The summed E-state index contributed by atoms with van der Waals surface area (Å²) in [6, 6.07) is 3.43. The molecule has 1 aliphatic carbocycles. The van der Waals surface area contributed by atoms with E-state index >= 15 is 0 Å². The number of carbonyl (C=O) groups is 1. The second kappa shape index (κ2) is 4.52. The zero-order valence-electron chi connectivity index (χ0n) is 9.67. The van der Waals surface area contributed by atoms with E-state index in [0.717, 1.165) is 54.1 Å². The molecule has 0 saturated heterocycles. The van der Waals surface area contributed by atoms with E-state index in [1.54, 1.807) is 12.1 Å². The van der Waals surface area contributed by atoms with Crippen LogP contribution in [0.1, 0.15) is 34.5 Å². The molecule has 0 N–H and O–H groups in total. The molecule has 1 aromatic heterocycles. The van der Waals surface area contributed by atoms with Crippen LogP contribution in [0.5, 0.6) is 0 Å². The van der Waals surface area contributed by atoms with Crippen LogP contribution < -0.4 is 0 Å². The predicted octanol–water partition coefficient (Wildman–Crippen LogP) is 4.23. The smallest absolute Gasteiger partial charge is 0.151 e. The molecule has 3 rings (SSSR count). The van der Waals surface area contributed by atoms with Crippen LogP contribution >= 0.6 is 23.2 Å². The van der Waals surface area contributed by atoms with Crippen LogP contribution in [0.4, 0.5) is 0 Å². The Kier molecular flexibility index (Phi) is 3.00. The lowest BCUT2D eigenvalue weighted by molar-refractivity contribution is 0.112. The Labute approximate surface area is 115 Å². The summed E-state index contributed by atoms with van der Waals surface area (Å²) in [6.45, 7) is 0. The SMILES string of the molecule is O=Cc1c2c(nc3cc(Cl)cc(Cl)c13)CCCC2. The van der Waals surface area contributed by atoms with Gasteiger partial charge in [0.15, 0.2) is 6.29 Å². The molecule has 1 aliphatic rings. The Morgan fingerprint density at radius 1 is 1.17 bits per heavy atom. The standard InChI is InChI=1S/C14H11Cl2NO/c15-8-5-11(16)14-10(7-18)9-3-1-2-4-12(9)17-13(14)6-8/h5-7H,1-4H2. The van der Waals surface area contributed by atoms with Crippen LogP contribution in [0.25, 0.3) is 10.9 Å². The van der Waals surface area contributed by atoms with Crippen molar-refractivity contribution in [2.45, 2.75) is 25.7 Å². The second-order valence-corrected chi connectivity index (χ2v) is 5.40. The minimum atomic E-state index is 0.500. The van der Waals surface area contributed by atoms with Gasteiger partial charge in [-0.2, -0.15) is 0 Å². The molecule has 0 fully saturated rings. The summed E-state index contributed by atoms with van der Waals surface area (Å²) in [5.74, 6) is 0. The van der Waals surface area contributed by atoms with E-state index in [-0.39, 0.29) is 0 Å². The third-order valence-corrected chi connectivity index (χ3v) is 3.96. The minimum absolute atomic E-state index is 0.500. The summed E-state index contributed by atoms with van der Waals surface area (Å²) >= 11 is 12.2. The molecule has 0 bridgehead atoms. The monoisotopic (exact) mass is 279 g/mol. The van der Waals surface area contributed by atoms with Gasteiger partial charge in [0.05, 0.1) is 10.5 Å². The normalized spacial score (nSPS) is 14.6. The van der Waals surface area contributed by atoms with Gasteiger partial charge >= 0.3 is 0 Å². The molecule has 4 heteroatoms. The first kappa shape index (κ1) is 11.9. The lowest BCUT2D eigenvalue weighted by Crippen LogP contribution is -2.09. The summed E-state index contributed by atoms with van der Waals surface area (Å²) in [5, 5.41) is 1.78. The number of rotatable bonds is 1. The highest BCUT2D eigenvalue weighted by Crippen LogP contribution is 2.34. The number of carbonyl (C=O) groups excluding carboxylic acids is 1. The number of aromatic nitrogens is 1. The molecule has 0 saturated carbocycles. The molecule has 0 radical (unpaired) electrons. The van der Waals surface area contributed by atoms with Crippen molar-refractivity contribution in [2.75, 3.05) is 0 Å². The van der Waals surface area contributed by atoms with E-state index in [0.29, 0.717) is 15.6 Å². The van der Waals surface area contributed by atoms with Gasteiger partial charge in [-0.1, -0.05) is 23.2 Å². The number of halogens is 2. The van der Waals surface area contributed by atoms with Crippen LogP contribution in [0.3, 0.4) is 0 Å². The Morgan fingerprint density at radius 2 is 1.94 bits per heavy atom. The number of nitrogens with zero attached hydrogens (tertiary/aromatic N) is 1. The fourth-order valence-corrected chi connectivity index (χ4v) is 3.23. The predicted molar refractivity (Wildman–Crippen MR) is 73.8 cm³/mol. The number of pyridine rings is 1. The van der Waals surface area contributed by atoms with Crippen molar-refractivity contribution in [1.82, 2.24) is 4.98 Å². The van der Waals surface area contributed by atoms with Gasteiger partial charge < -0.3 is 0 Å². The summed E-state index contributed by atoms with van der Waals surface area (Å²) in [5.41, 5.74) is 3.49. The van der Waals surface area contributed by atoms with Crippen LogP contribution in [-0.4, -0.2) is 11.3 Å². The van der Waals surface area contributed by atoms with Crippen molar-refractivity contribution in [3.63, 3.8) is 0 Å². The zero-order valence-corrected chi connectivity index (χ0v) is 11.2. The number of aldehydes is 1. The highest BCUT2D eigenvalue weighted by Gasteiger charge is 2.19. The maximum Gasteiger partial charge on any atom is 0.151 e. The number of fused-ring (bicyclic) bond motifs is 2. The highest BCUT2D eigenvalue weighted by molar-refractivity contribution is 6.39. The third-order valence-electron chi connectivity index (χ3n) is 3.44. The van der Waals surface area contributed by atoms with E-state index in [1.807, 2.05) is 0 Å². The lowest BCUT2D eigenvalue weighted by Gasteiger charge is -2.18. The molecule has 0 amide bonds. The summed E-state index contributed by atoms with van der Waals surface area (Å²) in [7, 11) is 0. The van der Waals surface area contributed by atoms with Gasteiger partial charge in [0.25, 0.3) is 0 Å². The van der Waals surface area contributed by atoms with Gasteiger partial charge in [0, 0.05) is 21.7 Å². The minimum Gasteiger partial charge on any atom is -0.298 e. The average Bonchev–Trinajstić information content (AvgIpc) is 2.35. The van der Waals surface area contributed by atoms with Crippen molar-refractivity contribution < 1.29 is 4.79 Å². The first-order chi connectivity index (χ1) is 8.70. The van der Waals surface area contributed by atoms with E-state index in [2.05, 4.69) is 4.98 Å². The van der Waals surface area contributed by atoms with Gasteiger partial charge in [0.2, 0.25) is 0 Å². The Balaban J connectivity index is 2.44. The van der Waals surface area contributed by atoms with Crippen molar-refractivity contribution >= 4 is 40.4 Å². The van der Waals surface area contributed by atoms with Crippen molar-refractivity contribution in [1.29, 1.82) is 0 Å². The fraction of sp³-hybridized carbons (Fsp3) is 0.286. The zero-order chi connectivity index (χ0) is 12.7. The van der Waals surface area contributed by atoms with E-state index in [4.69, 9.17) is 23.2 Å². The van der Waals surface area contributed by atoms with Crippen LogP contribution in [0.2, 0.25) is 10.0 Å². The molecular weight excluding hydrogens is 269 g/mol. The summed E-state index contributed by atoms with van der Waals surface area (Å²) in [4.78, 5) is 16.0. The molecule has 2 nitrogen and oxygen atoms in total. The molecule has 0 spiro atoms. The molecule has 18 heavy (non-hydrogen) atoms. The quantitative estimate of drug-likeness (QED) is 0.731. The van der Waals surface area contributed by atoms with E-state index in [9.17, 15) is 4.79 Å². The topological polar surface area (TPSA) is 30.0 Å². The van der Waals surface area contributed by atoms with Gasteiger partial charge in [-0.05, 0) is 43.4 Å². The summed E-state index contributed by atoms with van der Waals surface area (Å²) < 4.78 is 0. The largest absolute Gasteiger partial charge is 0.298 e. The van der Waals surface area contributed by atoms with Crippen LogP contribution in [-0.2, 0) is 12.8 Å². The Morgan fingerprint density at radius 3 is 2.72 bits per heavy atom. The maximum atomic E-state index is 11.4. The van der Waals surface area contributed by atoms with Crippen LogP contribution in [0.15, 0.2) is 12.1 Å². The first-order valence-electron chi connectivity index (χ1n) is 5.96. The maximum absolute atomic E-state index is 11.4. The number of hydrogen-bond acceptors (Lipinski definition) is 2. The Bertz CT molecular complexity index is 652. The van der Waals surface area contributed by atoms with Crippen molar-refractivity contribution in [3.8, 4) is 0 Å². The molecule has 0 unspecified atom stereocenters. The van der Waals surface area contributed by atoms with Crippen molar-refractivity contribution in [3.05, 3.63) is 39.0 Å². The highest BCUT2D eigenvalue weighted by atomic mass is 35.5. The summed E-state index contributed by atoms with van der Waals surface area (Å²) in [6.07, 6.45) is 4.96. The van der Waals surface area contributed by atoms with Gasteiger partial charge in [-0.3, -0.25) is 9.78 Å². The van der Waals surface area contributed by atoms with Crippen molar-refractivity contribution in [2.24, 2.45) is 0 Å². The van der Waals surface area contributed by atoms with Crippen LogP contribution in [0, 0.1) is 0 Å². The second-order valence-electron chi connectivity index (χ2n) is 4.56.